The first-order valence-electron chi connectivity index (χ1n) is 9.79. The van der Waals surface area contributed by atoms with Crippen LogP contribution in [0.3, 0.4) is 0 Å². The third-order valence-corrected chi connectivity index (χ3v) is 5.14. The fourth-order valence-electron chi connectivity index (χ4n) is 2.95. The predicted octanol–water partition coefficient (Wildman–Crippen LogP) is 5.13. The molecule has 0 aliphatic rings. The summed E-state index contributed by atoms with van der Waals surface area (Å²) in [6.07, 6.45) is 1.62. The maximum Gasteiger partial charge on any atom is 0.368 e. The minimum atomic E-state index is -0.495. The Morgan fingerprint density at radius 3 is 2.27 bits per heavy atom. The van der Waals surface area contributed by atoms with E-state index in [-0.39, 0.29) is 17.3 Å². The van der Waals surface area contributed by atoms with Gasteiger partial charge in [0.05, 0.1) is 10.0 Å². The van der Waals surface area contributed by atoms with Crippen molar-refractivity contribution in [2.24, 2.45) is 10.2 Å². The van der Waals surface area contributed by atoms with Crippen molar-refractivity contribution in [3.63, 3.8) is 0 Å². The fourth-order valence-corrected chi connectivity index (χ4v) is 3.22. The van der Waals surface area contributed by atoms with E-state index in [0.717, 1.165) is 10.0 Å². The van der Waals surface area contributed by atoms with Crippen LogP contribution in [0, 0.1) is 10.1 Å². The standard InChI is InChI=1S/C24H16BrN5O3/c25-19-10-8-17(9-11-19)22-7-4-16-29(28-22)24(23(31)18-5-2-1-3-6-18)27-26-20-12-14-21(15-13-20)30(32)33/h1-16H. The molecule has 0 unspecified atom stereocenters. The number of nitrogens with zero attached hydrogens (tertiary/aromatic N) is 5. The molecule has 0 atom stereocenters. The number of benzene rings is 3. The van der Waals surface area contributed by atoms with Gasteiger partial charge in [-0.1, -0.05) is 68.2 Å². The van der Waals surface area contributed by atoms with Crippen molar-refractivity contribution in [1.82, 2.24) is 5.10 Å². The maximum absolute atomic E-state index is 13.3. The van der Waals surface area contributed by atoms with Gasteiger partial charge in [-0.15, -0.1) is 0 Å². The average Bonchev–Trinajstić information content (AvgIpc) is 2.85. The molecule has 0 radical (unpaired) electrons. The number of hydrogen-bond donors (Lipinski definition) is 0. The van der Waals surface area contributed by atoms with Crippen LogP contribution in [0.1, 0.15) is 5.56 Å². The highest BCUT2D eigenvalue weighted by molar-refractivity contribution is 9.10. The average molecular weight is 502 g/mol. The van der Waals surface area contributed by atoms with Gasteiger partial charge in [-0.2, -0.15) is 0 Å². The summed E-state index contributed by atoms with van der Waals surface area (Å²) in [6.45, 7) is 0. The van der Waals surface area contributed by atoms with Crippen LogP contribution in [0.5, 0.6) is 0 Å². The van der Waals surface area contributed by atoms with Gasteiger partial charge < -0.3 is 5.11 Å². The van der Waals surface area contributed by atoms with Crippen LogP contribution in [0.4, 0.5) is 11.4 Å². The van der Waals surface area contributed by atoms with Gasteiger partial charge >= 0.3 is 5.82 Å². The number of aromatic nitrogens is 2. The Bertz CT molecular complexity index is 1340. The number of rotatable bonds is 6. The molecule has 0 fully saturated rings. The van der Waals surface area contributed by atoms with Gasteiger partial charge in [-0.05, 0) is 47.1 Å². The highest BCUT2D eigenvalue weighted by atomic mass is 79.9. The molecule has 8 nitrogen and oxygen atoms in total. The Labute approximate surface area is 197 Å². The van der Waals surface area contributed by atoms with E-state index >= 15 is 0 Å². The lowest BCUT2D eigenvalue weighted by Crippen LogP contribution is -2.37. The molecule has 0 spiro atoms. The van der Waals surface area contributed by atoms with Gasteiger partial charge in [0.1, 0.15) is 17.6 Å². The Hall–Kier alpha value is -4.24. The molecule has 0 bridgehead atoms. The first-order chi connectivity index (χ1) is 16.0. The smallest absolute Gasteiger partial charge is 0.368 e. The van der Waals surface area contributed by atoms with Crippen molar-refractivity contribution in [1.29, 1.82) is 0 Å². The summed E-state index contributed by atoms with van der Waals surface area (Å²) in [5, 5.41) is 37.0. The van der Waals surface area contributed by atoms with E-state index in [1.54, 1.807) is 36.5 Å². The van der Waals surface area contributed by atoms with E-state index in [4.69, 9.17) is 0 Å². The van der Waals surface area contributed by atoms with Gasteiger partial charge in [-0.25, -0.2) is 0 Å². The zero-order valence-electron chi connectivity index (χ0n) is 17.1. The monoisotopic (exact) mass is 501 g/mol. The van der Waals surface area contributed by atoms with Gasteiger partial charge in [0.25, 0.3) is 5.69 Å². The lowest BCUT2D eigenvalue weighted by molar-refractivity contribution is -0.648. The highest BCUT2D eigenvalue weighted by Crippen LogP contribution is 2.22. The molecule has 4 aromatic rings. The summed E-state index contributed by atoms with van der Waals surface area (Å²) in [7, 11) is 0. The summed E-state index contributed by atoms with van der Waals surface area (Å²) >= 11 is 3.42. The topological polar surface area (TPSA) is 108 Å². The molecule has 0 N–H and O–H groups in total. The zero-order chi connectivity index (χ0) is 23.2. The largest absolute Gasteiger partial charge is 0.866 e. The number of halogens is 1. The molecule has 162 valence electrons. The van der Waals surface area contributed by atoms with Crippen molar-refractivity contribution in [2.75, 3.05) is 0 Å². The van der Waals surface area contributed by atoms with E-state index in [2.05, 4.69) is 31.3 Å². The van der Waals surface area contributed by atoms with Crippen molar-refractivity contribution < 1.29 is 14.7 Å². The second kappa shape index (κ2) is 9.92. The normalized spacial score (nSPS) is 11.9. The molecular weight excluding hydrogens is 486 g/mol. The van der Waals surface area contributed by atoms with E-state index in [0.29, 0.717) is 16.9 Å². The zero-order valence-corrected chi connectivity index (χ0v) is 18.7. The summed E-state index contributed by atoms with van der Waals surface area (Å²) in [4.78, 5) is 10.4. The first-order valence-corrected chi connectivity index (χ1v) is 10.6. The van der Waals surface area contributed by atoms with E-state index in [9.17, 15) is 15.2 Å². The molecule has 0 saturated heterocycles. The van der Waals surface area contributed by atoms with E-state index < -0.39 is 4.92 Å². The van der Waals surface area contributed by atoms with Gasteiger partial charge in [0, 0.05) is 27.9 Å². The van der Waals surface area contributed by atoms with Crippen LogP contribution < -0.4 is 9.79 Å². The lowest BCUT2D eigenvalue weighted by Gasteiger charge is -2.11. The predicted molar refractivity (Wildman–Crippen MR) is 125 cm³/mol. The van der Waals surface area contributed by atoms with E-state index in [1.165, 1.54) is 28.9 Å². The quantitative estimate of drug-likeness (QED) is 0.120. The van der Waals surface area contributed by atoms with Crippen molar-refractivity contribution in [3.8, 4) is 11.3 Å². The van der Waals surface area contributed by atoms with E-state index in [1.807, 2.05) is 36.4 Å². The Kier molecular flexibility index (Phi) is 6.61. The Balaban J connectivity index is 1.78. The molecule has 3 aromatic carbocycles. The summed E-state index contributed by atoms with van der Waals surface area (Å²) in [6, 6.07) is 25.5. The summed E-state index contributed by atoms with van der Waals surface area (Å²) < 4.78 is 2.32. The fraction of sp³-hybridized carbons (Fsp3) is 0. The molecule has 1 heterocycles. The summed E-state index contributed by atoms with van der Waals surface area (Å²) in [5.74, 6) is -0.384. The molecule has 0 aliphatic heterocycles. The number of azo groups is 1. The summed E-state index contributed by atoms with van der Waals surface area (Å²) in [5.41, 5.74) is 2.25. The van der Waals surface area contributed by atoms with Crippen LogP contribution in [0.15, 0.2) is 112 Å². The van der Waals surface area contributed by atoms with Crippen LogP contribution >= 0.6 is 15.9 Å². The number of hydrogen-bond acceptors (Lipinski definition) is 6. The highest BCUT2D eigenvalue weighted by Gasteiger charge is 2.17. The first kappa shape index (κ1) is 22.0. The minimum absolute atomic E-state index is 0.0153. The molecule has 0 saturated carbocycles. The minimum Gasteiger partial charge on any atom is -0.866 e. The molecule has 0 amide bonds. The van der Waals surface area contributed by atoms with Gasteiger partial charge in [0.2, 0.25) is 0 Å². The maximum atomic E-state index is 13.3. The SMILES string of the molecule is O=[N+]([O-])c1ccc(N=N/C(=C(/[O-])c2ccccc2)[n+]2cccc(-c3ccc(Br)cc3)n2)cc1. The molecule has 33 heavy (non-hydrogen) atoms. The van der Waals surface area contributed by atoms with Crippen LogP contribution in [0.25, 0.3) is 22.8 Å². The van der Waals surface area contributed by atoms with Crippen molar-refractivity contribution in [3.05, 3.63) is 117 Å². The number of non-ortho nitro benzene ring substituents is 1. The van der Waals surface area contributed by atoms with Gasteiger partial charge in [0.15, 0.2) is 0 Å². The molecule has 0 aliphatic carbocycles. The molecule has 9 heteroatoms. The number of nitro benzene ring substituents is 1. The van der Waals surface area contributed by atoms with Gasteiger partial charge in [-0.3, -0.25) is 10.1 Å². The number of nitro groups is 1. The van der Waals surface area contributed by atoms with Crippen molar-refractivity contribution in [2.45, 2.75) is 0 Å². The molecule has 4 rings (SSSR count). The second-order valence-corrected chi connectivity index (χ2v) is 7.75. The lowest BCUT2D eigenvalue weighted by atomic mass is 10.1. The van der Waals surface area contributed by atoms with Crippen LogP contribution in [-0.2, 0) is 0 Å². The Morgan fingerprint density at radius 1 is 0.909 bits per heavy atom. The third-order valence-electron chi connectivity index (χ3n) is 4.61. The van der Waals surface area contributed by atoms with Crippen LogP contribution in [-0.4, -0.2) is 10.0 Å². The van der Waals surface area contributed by atoms with Crippen LogP contribution in [0.2, 0.25) is 0 Å². The van der Waals surface area contributed by atoms with Crippen molar-refractivity contribution >= 4 is 38.9 Å². The third kappa shape index (κ3) is 5.34. The second-order valence-electron chi connectivity index (χ2n) is 6.84. The molecule has 1 aromatic heterocycles. The Morgan fingerprint density at radius 2 is 1.61 bits per heavy atom. The molecular formula is C24H16BrN5O3.